The molecule has 2 rings (SSSR count). The molecule has 4 heteroatoms. The van der Waals surface area contributed by atoms with Crippen LogP contribution >= 0.6 is 11.6 Å². The summed E-state index contributed by atoms with van der Waals surface area (Å²) in [5, 5.41) is 8.75. The lowest BCUT2D eigenvalue weighted by Crippen LogP contribution is -2.27. The molecule has 1 N–H and O–H groups in total. The van der Waals surface area contributed by atoms with Crippen LogP contribution in [0.3, 0.4) is 0 Å². The third-order valence-corrected chi connectivity index (χ3v) is 3.41. The topological polar surface area (TPSA) is 29.9 Å². The quantitative estimate of drug-likeness (QED) is 0.842. The molecule has 1 atom stereocenters. The van der Waals surface area contributed by atoms with E-state index in [0.717, 1.165) is 29.6 Å². The van der Waals surface area contributed by atoms with Gasteiger partial charge in [0.05, 0.1) is 5.69 Å². The zero-order valence-electron chi connectivity index (χ0n) is 9.55. The highest BCUT2D eigenvalue weighted by Gasteiger charge is 2.24. The van der Waals surface area contributed by atoms with Gasteiger partial charge in [0.2, 0.25) is 0 Å². The molecule has 3 nitrogen and oxygen atoms in total. The number of rotatable bonds is 2. The summed E-state index contributed by atoms with van der Waals surface area (Å²) in [6, 6.07) is 0. The number of hydrogen-bond acceptors (Lipinski definition) is 2. The third kappa shape index (κ3) is 1.85. The van der Waals surface area contributed by atoms with Crippen LogP contribution in [0.2, 0.25) is 5.02 Å². The van der Waals surface area contributed by atoms with Gasteiger partial charge in [0, 0.05) is 13.1 Å². The van der Waals surface area contributed by atoms with E-state index >= 15 is 0 Å². The second kappa shape index (κ2) is 4.05. The number of hydrogen-bond donors (Lipinski definition) is 1. The van der Waals surface area contributed by atoms with Crippen molar-refractivity contribution in [3.8, 4) is 0 Å². The summed E-state index contributed by atoms with van der Waals surface area (Å²) in [6.07, 6.45) is 1.18. The molecule has 0 amide bonds. The SMILES string of the molecule is CCC1CNc2c(Cl)c(C(C)C)nn2C1. The Morgan fingerprint density at radius 2 is 2.33 bits per heavy atom. The Balaban J connectivity index is 2.32. The van der Waals surface area contributed by atoms with Crippen molar-refractivity contribution in [2.24, 2.45) is 5.92 Å². The second-order valence-electron chi connectivity index (χ2n) is 4.54. The lowest BCUT2D eigenvalue weighted by molar-refractivity contribution is 0.402. The largest absolute Gasteiger partial charge is 0.369 e. The first kappa shape index (κ1) is 10.8. The summed E-state index contributed by atoms with van der Waals surface area (Å²) in [5.74, 6) is 2.07. The van der Waals surface area contributed by atoms with Crippen LogP contribution in [0.5, 0.6) is 0 Å². The number of fused-ring (bicyclic) bond motifs is 1. The highest BCUT2D eigenvalue weighted by atomic mass is 35.5. The maximum Gasteiger partial charge on any atom is 0.143 e. The molecule has 0 saturated heterocycles. The molecule has 0 radical (unpaired) electrons. The van der Waals surface area contributed by atoms with Gasteiger partial charge in [-0.1, -0.05) is 32.4 Å². The van der Waals surface area contributed by atoms with Gasteiger partial charge < -0.3 is 5.32 Å². The molecule has 1 aliphatic heterocycles. The van der Waals surface area contributed by atoms with Crippen LogP contribution in [0.25, 0.3) is 0 Å². The number of halogens is 1. The summed E-state index contributed by atoms with van der Waals surface area (Å²) >= 11 is 6.28. The van der Waals surface area contributed by atoms with Crippen LogP contribution in [-0.2, 0) is 6.54 Å². The third-order valence-electron chi connectivity index (χ3n) is 3.03. The number of aromatic nitrogens is 2. The first-order chi connectivity index (χ1) is 7.13. The lowest BCUT2D eigenvalue weighted by Gasteiger charge is -2.23. The zero-order chi connectivity index (χ0) is 11.0. The summed E-state index contributed by atoms with van der Waals surface area (Å²) in [7, 11) is 0. The Morgan fingerprint density at radius 1 is 1.60 bits per heavy atom. The minimum absolute atomic E-state index is 0.387. The number of anilines is 1. The highest BCUT2D eigenvalue weighted by molar-refractivity contribution is 6.33. The molecule has 0 bridgehead atoms. The molecule has 1 aromatic rings. The van der Waals surface area contributed by atoms with Crippen LogP contribution in [0, 0.1) is 5.92 Å². The van der Waals surface area contributed by atoms with E-state index in [-0.39, 0.29) is 0 Å². The van der Waals surface area contributed by atoms with Gasteiger partial charge in [-0.2, -0.15) is 5.10 Å². The maximum absolute atomic E-state index is 6.28. The van der Waals surface area contributed by atoms with Crippen molar-refractivity contribution in [3.63, 3.8) is 0 Å². The monoisotopic (exact) mass is 227 g/mol. The highest BCUT2D eigenvalue weighted by Crippen LogP contribution is 2.33. The van der Waals surface area contributed by atoms with Gasteiger partial charge in [-0.3, -0.25) is 0 Å². The molecule has 84 valence electrons. The van der Waals surface area contributed by atoms with Gasteiger partial charge in [-0.25, -0.2) is 4.68 Å². The summed E-state index contributed by atoms with van der Waals surface area (Å²) in [5.41, 5.74) is 1.01. The average Bonchev–Trinajstić information content (AvgIpc) is 2.55. The van der Waals surface area contributed by atoms with Gasteiger partial charge in [-0.05, 0) is 18.3 Å². The zero-order valence-corrected chi connectivity index (χ0v) is 10.3. The fourth-order valence-electron chi connectivity index (χ4n) is 1.95. The standard InChI is InChI=1S/C11H18ClN3/c1-4-8-5-13-11-9(12)10(7(2)3)14-15(11)6-8/h7-8,13H,4-6H2,1-3H3. The maximum atomic E-state index is 6.28. The van der Waals surface area contributed by atoms with Crippen molar-refractivity contribution < 1.29 is 0 Å². The smallest absolute Gasteiger partial charge is 0.143 e. The molecule has 0 fully saturated rings. The minimum atomic E-state index is 0.387. The van der Waals surface area contributed by atoms with Crippen LogP contribution in [0.4, 0.5) is 5.82 Å². The van der Waals surface area contributed by atoms with E-state index in [1.165, 1.54) is 6.42 Å². The van der Waals surface area contributed by atoms with Crippen molar-refractivity contribution >= 4 is 17.4 Å². The number of nitrogens with one attached hydrogen (secondary N) is 1. The van der Waals surface area contributed by atoms with E-state index in [2.05, 4.69) is 31.2 Å². The molecule has 2 heterocycles. The summed E-state index contributed by atoms with van der Waals surface area (Å²) in [4.78, 5) is 0. The molecule has 0 saturated carbocycles. The predicted molar refractivity (Wildman–Crippen MR) is 63.6 cm³/mol. The molecule has 0 aliphatic carbocycles. The Kier molecular flexibility index (Phi) is 2.91. The predicted octanol–water partition coefficient (Wildman–Crippen LogP) is 3.11. The Bertz CT molecular complexity index is 357. The van der Waals surface area contributed by atoms with Crippen LogP contribution < -0.4 is 5.32 Å². The molecule has 1 aromatic heterocycles. The van der Waals surface area contributed by atoms with Gasteiger partial charge in [0.1, 0.15) is 10.8 Å². The van der Waals surface area contributed by atoms with E-state index in [4.69, 9.17) is 11.6 Å². The van der Waals surface area contributed by atoms with Crippen LogP contribution in [0.1, 0.15) is 38.8 Å². The van der Waals surface area contributed by atoms with E-state index < -0.39 is 0 Å². The van der Waals surface area contributed by atoms with Crippen LogP contribution in [0.15, 0.2) is 0 Å². The normalized spacial score (nSPS) is 20.2. The van der Waals surface area contributed by atoms with E-state index in [1.54, 1.807) is 0 Å². The Hall–Kier alpha value is -0.700. The molecular weight excluding hydrogens is 210 g/mol. The molecule has 0 aromatic carbocycles. The minimum Gasteiger partial charge on any atom is -0.369 e. The second-order valence-corrected chi connectivity index (χ2v) is 4.92. The first-order valence-corrected chi connectivity index (χ1v) is 6.01. The summed E-state index contributed by atoms with van der Waals surface area (Å²) < 4.78 is 2.02. The van der Waals surface area contributed by atoms with E-state index in [9.17, 15) is 0 Å². The Morgan fingerprint density at radius 3 is 2.93 bits per heavy atom. The van der Waals surface area contributed by atoms with Crippen molar-refractivity contribution in [2.45, 2.75) is 39.7 Å². The van der Waals surface area contributed by atoms with Crippen molar-refractivity contribution in [2.75, 3.05) is 11.9 Å². The number of nitrogens with zero attached hydrogens (tertiary/aromatic N) is 2. The van der Waals surface area contributed by atoms with Gasteiger partial charge >= 0.3 is 0 Å². The van der Waals surface area contributed by atoms with Gasteiger partial charge in [0.15, 0.2) is 0 Å². The summed E-state index contributed by atoms with van der Waals surface area (Å²) in [6.45, 7) is 8.46. The Labute approximate surface area is 95.8 Å². The molecule has 1 aliphatic rings. The first-order valence-electron chi connectivity index (χ1n) is 5.63. The fraction of sp³-hybridized carbons (Fsp3) is 0.727. The molecule has 15 heavy (non-hydrogen) atoms. The molecule has 1 unspecified atom stereocenters. The van der Waals surface area contributed by atoms with Crippen molar-refractivity contribution in [1.82, 2.24) is 9.78 Å². The fourth-order valence-corrected chi connectivity index (χ4v) is 2.37. The van der Waals surface area contributed by atoms with Crippen LogP contribution in [-0.4, -0.2) is 16.3 Å². The lowest BCUT2D eigenvalue weighted by atomic mass is 10.1. The van der Waals surface area contributed by atoms with Gasteiger partial charge in [0.25, 0.3) is 0 Å². The average molecular weight is 228 g/mol. The molecular formula is C11H18ClN3. The van der Waals surface area contributed by atoms with E-state index in [1.807, 2.05) is 4.68 Å². The molecule has 0 spiro atoms. The van der Waals surface area contributed by atoms with E-state index in [0.29, 0.717) is 11.8 Å². The van der Waals surface area contributed by atoms with Crippen molar-refractivity contribution in [1.29, 1.82) is 0 Å². The van der Waals surface area contributed by atoms with Gasteiger partial charge in [-0.15, -0.1) is 0 Å². The van der Waals surface area contributed by atoms with Crippen molar-refractivity contribution in [3.05, 3.63) is 10.7 Å².